The molecule has 0 bridgehead atoms. The molecular formula is C19H30ClN3O3. The first-order chi connectivity index (χ1) is 12.0. The van der Waals surface area contributed by atoms with Gasteiger partial charge in [0.2, 0.25) is 0 Å². The minimum atomic E-state index is -0.132. The maximum absolute atomic E-state index is 12.4. The van der Waals surface area contributed by atoms with Gasteiger partial charge < -0.3 is 20.7 Å². The second-order valence-corrected chi connectivity index (χ2v) is 6.64. The number of halogens is 1. The number of nitrogens with two attached hydrogens (primary N) is 1. The fourth-order valence-electron chi connectivity index (χ4n) is 3.24. The monoisotopic (exact) mass is 383 g/mol. The highest BCUT2D eigenvalue weighted by atomic mass is 35.5. The van der Waals surface area contributed by atoms with Crippen molar-refractivity contribution in [3.63, 3.8) is 0 Å². The minimum Gasteiger partial charge on any atom is -0.484 e. The van der Waals surface area contributed by atoms with E-state index in [1.165, 1.54) is 6.42 Å². The van der Waals surface area contributed by atoms with Gasteiger partial charge in [0.1, 0.15) is 5.75 Å². The topological polar surface area (TPSA) is 84.7 Å². The molecule has 1 aromatic rings. The van der Waals surface area contributed by atoms with Gasteiger partial charge in [-0.05, 0) is 70.3 Å². The number of nitrogens with zero attached hydrogens (tertiary/aromatic N) is 1. The number of nitrogens with one attached hydrogen (secondary N) is 1. The SMILES string of the molecule is CC1CCCC(C)N1C(=O)COc1ccc(C(=O)NCCCN)cc1.Cl. The van der Waals surface area contributed by atoms with E-state index in [-0.39, 0.29) is 42.9 Å². The van der Waals surface area contributed by atoms with E-state index in [0.29, 0.717) is 24.4 Å². The fraction of sp³-hybridized carbons (Fsp3) is 0.579. The van der Waals surface area contributed by atoms with Crippen LogP contribution in [0.2, 0.25) is 0 Å². The Balaban J connectivity index is 0.00000338. The van der Waals surface area contributed by atoms with Crippen molar-refractivity contribution in [3.05, 3.63) is 29.8 Å². The zero-order chi connectivity index (χ0) is 18.2. The van der Waals surface area contributed by atoms with E-state index < -0.39 is 0 Å². The third kappa shape index (κ3) is 6.18. The zero-order valence-corrected chi connectivity index (χ0v) is 16.4. The molecule has 1 aromatic carbocycles. The van der Waals surface area contributed by atoms with Crippen LogP contribution in [-0.4, -0.2) is 48.5 Å². The van der Waals surface area contributed by atoms with Crippen molar-refractivity contribution in [1.29, 1.82) is 0 Å². The summed E-state index contributed by atoms with van der Waals surface area (Å²) in [7, 11) is 0. The first kappa shape index (κ1) is 22.3. The second kappa shape index (κ2) is 11.0. The molecule has 7 heteroatoms. The lowest BCUT2D eigenvalue weighted by Crippen LogP contribution is -2.49. The van der Waals surface area contributed by atoms with Crippen LogP contribution in [0.25, 0.3) is 0 Å². The first-order valence-corrected chi connectivity index (χ1v) is 9.05. The average molecular weight is 384 g/mol. The van der Waals surface area contributed by atoms with Crippen LogP contribution in [0.3, 0.4) is 0 Å². The van der Waals surface area contributed by atoms with E-state index in [1.54, 1.807) is 24.3 Å². The number of hydrogen-bond acceptors (Lipinski definition) is 4. The van der Waals surface area contributed by atoms with Gasteiger partial charge >= 0.3 is 0 Å². The zero-order valence-electron chi connectivity index (χ0n) is 15.6. The van der Waals surface area contributed by atoms with Crippen LogP contribution in [0.15, 0.2) is 24.3 Å². The van der Waals surface area contributed by atoms with Crippen LogP contribution in [0, 0.1) is 0 Å². The molecule has 3 N–H and O–H groups in total. The van der Waals surface area contributed by atoms with Crippen LogP contribution in [-0.2, 0) is 4.79 Å². The Morgan fingerprint density at radius 3 is 2.38 bits per heavy atom. The predicted molar refractivity (Wildman–Crippen MR) is 105 cm³/mol. The summed E-state index contributed by atoms with van der Waals surface area (Å²) in [5, 5.41) is 2.80. The maximum atomic E-state index is 12.4. The normalized spacial score (nSPS) is 19.4. The molecule has 2 rings (SSSR count). The second-order valence-electron chi connectivity index (χ2n) is 6.64. The highest BCUT2D eigenvalue weighted by molar-refractivity contribution is 5.94. The van der Waals surface area contributed by atoms with Crippen molar-refractivity contribution in [3.8, 4) is 5.75 Å². The van der Waals surface area contributed by atoms with Gasteiger partial charge in [0.05, 0.1) is 0 Å². The number of benzene rings is 1. The number of hydrogen-bond donors (Lipinski definition) is 2. The molecule has 1 fully saturated rings. The average Bonchev–Trinajstić information content (AvgIpc) is 2.60. The van der Waals surface area contributed by atoms with E-state index in [2.05, 4.69) is 19.2 Å². The summed E-state index contributed by atoms with van der Waals surface area (Å²) in [6.07, 6.45) is 4.01. The number of likely N-dealkylation sites (tertiary alicyclic amines) is 1. The summed E-state index contributed by atoms with van der Waals surface area (Å²) in [5.41, 5.74) is 5.97. The molecule has 0 spiro atoms. The van der Waals surface area contributed by atoms with Crippen molar-refractivity contribution in [2.24, 2.45) is 5.73 Å². The van der Waals surface area contributed by atoms with E-state index in [4.69, 9.17) is 10.5 Å². The number of carbonyl (C=O) groups is 2. The van der Waals surface area contributed by atoms with Crippen LogP contribution < -0.4 is 15.8 Å². The number of ether oxygens (including phenoxy) is 1. The van der Waals surface area contributed by atoms with Gasteiger partial charge in [0, 0.05) is 24.2 Å². The molecule has 1 aliphatic heterocycles. The van der Waals surface area contributed by atoms with Gasteiger partial charge in [-0.3, -0.25) is 9.59 Å². The summed E-state index contributed by atoms with van der Waals surface area (Å²) in [5.74, 6) is 0.472. The molecule has 26 heavy (non-hydrogen) atoms. The van der Waals surface area contributed by atoms with Gasteiger partial charge in [-0.1, -0.05) is 0 Å². The lowest BCUT2D eigenvalue weighted by Gasteiger charge is -2.38. The Bertz CT molecular complexity index is 570. The molecule has 6 nitrogen and oxygen atoms in total. The van der Waals surface area contributed by atoms with Crippen LogP contribution in [0.5, 0.6) is 5.75 Å². The molecule has 146 valence electrons. The summed E-state index contributed by atoms with van der Waals surface area (Å²) in [6, 6.07) is 7.36. The molecular weight excluding hydrogens is 354 g/mol. The summed E-state index contributed by atoms with van der Waals surface area (Å²) >= 11 is 0. The van der Waals surface area contributed by atoms with E-state index >= 15 is 0 Å². The van der Waals surface area contributed by atoms with Gasteiger partial charge in [-0.2, -0.15) is 0 Å². The highest BCUT2D eigenvalue weighted by Crippen LogP contribution is 2.22. The van der Waals surface area contributed by atoms with E-state index in [0.717, 1.165) is 19.3 Å². The summed E-state index contributed by atoms with van der Waals surface area (Å²) in [6.45, 7) is 5.32. The Kier molecular flexibility index (Phi) is 9.44. The number of carbonyl (C=O) groups excluding carboxylic acids is 2. The molecule has 0 aliphatic carbocycles. The van der Waals surface area contributed by atoms with Crippen LogP contribution in [0.1, 0.15) is 49.9 Å². The fourth-order valence-corrected chi connectivity index (χ4v) is 3.24. The standard InChI is InChI=1S/C19H29N3O3.ClH/c1-14-5-3-6-15(2)22(14)18(23)13-25-17-9-7-16(8-10-17)19(24)21-12-4-11-20;/h7-10,14-15H,3-6,11-13,20H2,1-2H3,(H,21,24);1H. The molecule has 0 aromatic heterocycles. The molecule has 1 heterocycles. The molecule has 0 saturated carbocycles. The van der Waals surface area contributed by atoms with Gasteiger partial charge in [-0.25, -0.2) is 0 Å². The largest absolute Gasteiger partial charge is 0.484 e. The molecule has 0 radical (unpaired) electrons. The Morgan fingerprint density at radius 2 is 1.81 bits per heavy atom. The predicted octanol–water partition coefficient (Wildman–Crippen LogP) is 2.36. The van der Waals surface area contributed by atoms with Crippen molar-refractivity contribution in [1.82, 2.24) is 10.2 Å². The van der Waals surface area contributed by atoms with Gasteiger partial charge in [0.15, 0.2) is 6.61 Å². The van der Waals surface area contributed by atoms with Crippen molar-refractivity contribution in [2.75, 3.05) is 19.7 Å². The quantitative estimate of drug-likeness (QED) is 0.708. The Morgan fingerprint density at radius 1 is 1.19 bits per heavy atom. The highest BCUT2D eigenvalue weighted by Gasteiger charge is 2.28. The lowest BCUT2D eigenvalue weighted by atomic mass is 9.97. The lowest BCUT2D eigenvalue weighted by molar-refractivity contribution is -0.139. The Hall–Kier alpha value is -1.79. The molecule has 2 amide bonds. The van der Waals surface area contributed by atoms with Crippen LogP contribution >= 0.6 is 12.4 Å². The van der Waals surface area contributed by atoms with E-state index in [1.807, 2.05) is 4.90 Å². The van der Waals surface area contributed by atoms with Crippen molar-refractivity contribution >= 4 is 24.2 Å². The van der Waals surface area contributed by atoms with Crippen molar-refractivity contribution in [2.45, 2.75) is 51.6 Å². The Labute approximate surface area is 161 Å². The third-order valence-corrected chi connectivity index (χ3v) is 4.63. The van der Waals surface area contributed by atoms with Crippen molar-refractivity contribution < 1.29 is 14.3 Å². The smallest absolute Gasteiger partial charge is 0.260 e. The van der Waals surface area contributed by atoms with Gasteiger partial charge in [-0.15, -0.1) is 12.4 Å². The molecule has 1 aliphatic rings. The minimum absolute atomic E-state index is 0. The maximum Gasteiger partial charge on any atom is 0.260 e. The number of rotatable bonds is 7. The van der Waals surface area contributed by atoms with Gasteiger partial charge in [0.25, 0.3) is 11.8 Å². The number of piperidine rings is 1. The molecule has 2 atom stereocenters. The third-order valence-electron chi connectivity index (χ3n) is 4.63. The summed E-state index contributed by atoms with van der Waals surface area (Å²) < 4.78 is 5.61. The summed E-state index contributed by atoms with van der Waals surface area (Å²) in [4.78, 5) is 26.3. The molecule has 1 saturated heterocycles. The molecule has 2 unspecified atom stereocenters. The van der Waals surface area contributed by atoms with E-state index in [9.17, 15) is 9.59 Å². The van der Waals surface area contributed by atoms with Crippen LogP contribution in [0.4, 0.5) is 0 Å². The number of amides is 2. The first-order valence-electron chi connectivity index (χ1n) is 9.05.